The van der Waals surface area contributed by atoms with Gasteiger partial charge in [0.25, 0.3) is 0 Å². The first-order chi connectivity index (χ1) is 34.0. The number of carbonyl (C=O) groups is 1. The van der Waals surface area contributed by atoms with Crippen LogP contribution in [0, 0.1) is 0 Å². The maximum atomic E-state index is 13.0. The van der Waals surface area contributed by atoms with Gasteiger partial charge in [-0.2, -0.15) is 0 Å². The van der Waals surface area contributed by atoms with Gasteiger partial charge in [-0.3, -0.25) is 13.8 Å². The highest BCUT2D eigenvalue weighted by Crippen LogP contribution is 2.43. The van der Waals surface area contributed by atoms with E-state index in [4.69, 9.17) is 9.05 Å². The zero-order valence-corrected chi connectivity index (χ0v) is 47.9. The Bertz CT molecular complexity index is 1280. The van der Waals surface area contributed by atoms with Gasteiger partial charge in [0.1, 0.15) is 13.2 Å². The zero-order valence-electron chi connectivity index (χ0n) is 47.0. The van der Waals surface area contributed by atoms with E-state index < -0.39 is 20.0 Å². The molecule has 0 saturated heterocycles. The van der Waals surface area contributed by atoms with Crippen LogP contribution in [-0.2, 0) is 18.4 Å². The number of carbonyl (C=O) groups excluding carboxylic acids is 1. The predicted octanol–water partition coefficient (Wildman–Crippen LogP) is 18.3. The van der Waals surface area contributed by atoms with Crippen molar-refractivity contribution < 1.29 is 32.9 Å². The lowest BCUT2D eigenvalue weighted by molar-refractivity contribution is -0.870. The van der Waals surface area contributed by atoms with Gasteiger partial charge in [0.2, 0.25) is 5.91 Å². The molecular weight excluding hydrogens is 888 g/mol. The molecule has 3 atom stereocenters. The van der Waals surface area contributed by atoms with E-state index in [1.54, 1.807) is 6.08 Å². The van der Waals surface area contributed by atoms with Crippen molar-refractivity contribution >= 4 is 13.7 Å². The van der Waals surface area contributed by atoms with Crippen molar-refractivity contribution in [1.82, 2.24) is 5.32 Å². The second-order valence-corrected chi connectivity index (χ2v) is 23.2. The van der Waals surface area contributed by atoms with Crippen LogP contribution < -0.4 is 5.32 Å². The number of rotatable bonds is 55. The molecule has 1 amide bonds. The van der Waals surface area contributed by atoms with Crippen LogP contribution in [0.25, 0.3) is 0 Å². The van der Waals surface area contributed by atoms with Crippen molar-refractivity contribution in [2.24, 2.45) is 0 Å². The number of nitrogens with one attached hydrogen (secondary N) is 1. The Hall–Kier alpha value is -1.54. The molecule has 8 nitrogen and oxygen atoms in total. The van der Waals surface area contributed by atoms with E-state index in [2.05, 4.69) is 55.6 Å². The molecule has 9 heteroatoms. The Balaban J connectivity index is 4.21. The molecule has 0 aliphatic heterocycles. The second-order valence-electron chi connectivity index (χ2n) is 21.7. The van der Waals surface area contributed by atoms with Crippen LogP contribution in [0.4, 0.5) is 0 Å². The quantitative estimate of drug-likeness (QED) is 0.0243. The van der Waals surface area contributed by atoms with Crippen LogP contribution in [0.15, 0.2) is 48.6 Å². The number of phosphoric ester groups is 1. The Morgan fingerprint density at radius 2 is 0.814 bits per heavy atom. The average molecular weight is 1010 g/mol. The summed E-state index contributed by atoms with van der Waals surface area (Å²) >= 11 is 0. The van der Waals surface area contributed by atoms with Gasteiger partial charge < -0.3 is 19.8 Å². The average Bonchev–Trinajstić information content (AvgIpc) is 3.32. The minimum absolute atomic E-state index is 0.0602. The van der Waals surface area contributed by atoms with E-state index in [0.29, 0.717) is 17.4 Å². The van der Waals surface area contributed by atoms with Crippen LogP contribution in [-0.4, -0.2) is 73.4 Å². The molecule has 0 aliphatic carbocycles. The second kappa shape index (κ2) is 52.3. The highest BCUT2D eigenvalue weighted by molar-refractivity contribution is 7.47. The first-order valence-electron chi connectivity index (χ1n) is 30.0. The third-order valence-electron chi connectivity index (χ3n) is 13.5. The predicted molar refractivity (Wildman–Crippen MR) is 304 cm³/mol. The highest BCUT2D eigenvalue weighted by atomic mass is 31.2. The van der Waals surface area contributed by atoms with Gasteiger partial charge >= 0.3 is 7.82 Å². The smallest absolute Gasteiger partial charge is 0.387 e. The lowest BCUT2D eigenvalue weighted by atomic mass is 10.0. The zero-order chi connectivity index (χ0) is 51.3. The maximum absolute atomic E-state index is 13.0. The van der Waals surface area contributed by atoms with E-state index in [-0.39, 0.29) is 19.1 Å². The lowest BCUT2D eigenvalue weighted by Crippen LogP contribution is -2.45. The number of aliphatic hydroxyl groups excluding tert-OH is 1. The van der Waals surface area contributed by atoms with Crippen molar-refractivity contribution in [2.45, 2.75) is 296 Å². The molecule has 412 valence electrons. The molecule has 0 aliphatic rings. The summed E-state index contributed by atoms with van der Waals surface area (Å²) in [5.74, 6) is -0.179. The SMILES string of the molecule is CCCCCCC/C=C\C/C=C\C/C=C\CCCCCCCCCCCCC(=O)NC(COP(=O)(O)OCC[N+](C)(C)C)C(O)/C=C/CCCCCCCCCCCCCCCCCCCCCCC. The summed E-state index contributed by atoms with van der Waals surface area (Å²) in [6, 6.07) is -0.851. The molecule has 0 fully saturated rings. The van der Waals surface area contributed by atoms with Crippen molar-refractivity contribution in [2.75, 3.05) is 40.9 Å². The number of likely N-dealkylation sites (N-methyl/N-ethyl adjacent to an activating group) is 1. The third kappa shape index (κ3) is 54.2. The Kier molecular flexibility index (Phi) is 51.2. The summed E-state index contributed by atoms with van der Waals surface area (Å²) in [6.07, 6.45) is 69.2. The molecule has 0 aromatic carbocycles. The normalized spacial score (nSPS) is 14.2. The number of quaternary nitrogens is 1. The van der Waals surface area contributed by atoms with Crippen LogP contribution in [0.5, 0.6) is 0 Å². The van der Waals surface area contributed by atoms with Crippen molar-refractivity contribution in [3.8, 4) is 0 Å². The number of amides is 1. The largest absolute Gasteiger partial charge is 0.472 e. The molecule has 0 heterocycles. The van der Waals surface area contributed by atoms with Gasteiger partial charge in [0.05, 0.1) is 39.9 Å². The Labute approximate surface area is 435 Å². The fourth-order valence-electron chi connectivity index (χ4n) is 8.82. The standard InChI is InChI=1S/C61H117N2O6P/c1-6-8-10-12-14-16-18-20-22-24-26-28-30-31-33-35-37-39-41-43-45-47-49-51-53-55-61(65)62-59(58-69-70(66,67)68-57-56-63(3,4)5)60(64)54-52-50-48-46-44-42-40-38-36-34-32-29-27-25-23-21-19-17-15-13-11-9-7-2/h18,20,24,26,30-31,52,54,59-60,64H,6-17,19,21-23,25,27-29,32-51,53,55-58H2,1-5H3,(H-,62,65,66,67)/p+1/b20-18-,26-24-,31-30-,54-52+. The van der Waals surface area contributed by atoms with Crippen LogP contribution in [0.3, 0.4) is 0 Å². The van der Waals surface area contributed by atoms with E-state index >= 15 is 0 Å². The summed E-state index contributed by atoms with van der Waals surface area (Å²) < 4.78 is 23.7. The summed E-state index contributed by atoms with van der Waals surface area (Å²) in [5, 5.41) is 14.0. The first kappa shape index (κ1) is 68.5. The summed E-state index contributed by atoms with van der Waals surface area (Å²) in [7, 11) is 1.57. The molecule has 3 unspecified atom stereocenters. The lowest BCUT2D eigenvalue weighted by Gasteiger charge is -2.25. The molecule has 3 N–H and O–H groups in total. The molecule has 0 aromatic heterocycles. The molecule has 0 radical (unpaired) electrons. The van der Waals surface area contributed by atoms with E-state index in [0.717, 1.165) is 51.4 Å². The fraction of sp³-hybridized carbons (Fsp3) is 0.852. The summed E-state index contributed by atoms with van der Waals surface area (Å²) in [5.41, 5.74) is 0. The first-order valence-corrected chi connectivity index (χ1v) is 31.5. The number of hydrogen-bond acceptors (Lipinski definition) is 5. The van der Waals surface area contributed by atoms with Crippen LogP contribution in [0.2, 0.25) is 0 Å². The minimum Gasteiger partial charge on any atom is -0.387 e. The van der Waals surface area contributed by atoms with Crippen LogP contribution >= 0.6 is 7.82 Å². The molecular formula is C61H118N2O6P+. The Morgan fingerprint density at radius 1 is 0.486 bits per heavy atom. The molecule has 0 saturated carbocycles. The van der Waals surface area contributed by atoms with Gasteiger partial charge in [-0.1, -0.05) is 268 Å². The van der Waals surface area contributed by atoms with Gasteiger partial charge in [-0.05, 0) is 57.8 Å². The van der Waals surface area contributed by atoms with E-state index in [1.165, 1.54) is 212 Å². The van der Waals surface area contributed by atoms with Gasteiger partial charge in [-0.15, -0.1) is 0 Å². The number of phosphoric acid groups is 1. The number of nitrogens with zero attached hydrogens (tertiary/aromatic N) is 1. The Morgan fingerprint density at radius 3 is 1.19 bits per heavy atom. The highest BCUT2D eigenvalue weighted by Gasteiger charge is 2.27. The van der Waals surface area contributed by atoms with Gasteiger partial charge in [-0.25, -0.2) is 4.57 Å². The summed E-state index contributed by atoms with van der Waals surface area (Å²) in [4.78, 5) is 23.3. The monoisotopic (exact) mass is 1010 g/mol. The molecule has 0 aromatic rings. The minimum atomic E-state index is -4.35. The summed E-state index contributed by atoms with van der Waals surface area (Å²) in [6.45, 7) is 4.83. The van der Waals surface area contributed by atoms with Gasteiger partial charge in [0, 0.05) is 6.42 Å². The number of aliphatic hydroxyl groups is 1. The maximum Gasteiger partial charge on any atom is 0.472 e. The van der Waals surface area contributed by atoms with Crippen molar-refractivity contribution in [1.29, 1.82) is 0 Å². The molecule has 0 spiro atoms. The van der Waals surface area contributed by atoms with E-state index in [9.17, 15) is 19.4 Å². The van der Waals surface area contributed by atoms with E-state index in [1.807, 2.05) is 27.2 Å². The number of hydrogen-bond donors (Lipinski definition) is 3. The molecule has 0 bridgehead atoms. The van der Waals surface area contributed by atoms with Crippen LogP contribution in [0.1, 0.15) is 284 Å². The topological polar surface area (TPSA) is 105 Å². The third-order valence-corrected chi connectivity index (χ3v) is 14.5. The van der Waals surface area contributed by atoms with Crippen molar-refractivity contribution in [3.63, 3.8) is 0 Å². The number of unbranched alkanes of at least 4 members (excludes halogenated alkanes) is 36. The van der Waals surface area contributed by atoms with Crippen molar-refractivity contribution in [3.05, 3.63) is 48.6 Å². The molecule has 70 heavy (non-hydrogen) atoms. The number of allylic oxidation sites excluding steroid dienone is 7. The van der Waals surface area contributed by atoms with Gasteiger partial charge in [0.15, 0.2) is 0 Å². The fourth-order valence-corrected chi connectivity index (χ4v) is 9.55. The molecule has 0 rings (SSSR count).